The Balaban J connectivity index is 2.14. The van der Waals surface area contributed by atoms with Crippen LogP contribution in [0.4, 0.5) is 18.0 Å². The van der Waals surface area contributed by atoms with Gasteiger partial charge in [0.1, 0.15) is 0 Å². The van der Waals surface area contributed by atoms with Crippen LogP contribution in [0.15, 0.2) is 24.3 Å². The van der Waals surface area contributed by atoms with Crippen molar-refractivity contribution in [2.24, 2.45) is 0 Å². The fourth-order valence-electron chi connectivity index (χ4n) is 2.58. The molecule has 0 radical (unpaired) electrons. The van der Waals surface area contributed by atoms with Crippen LogP contribution in [-0.4, -0.2) is 58.9 Å². The maximum Gasteiger partial charge on any atom is 0.416 e. The smallest absolute Gasteiger partial charge is 0.416 e. The molecule has 1 heterocycles. The van der Waals surface area contributed by atoms with Crippen molar-refractivity contribution in [1.82, 2.24) is 9.80 Å². The monoisotopic (exact) mass is 318 g/mol. The first kappa shape index (κ1) is 16.6. The summed E-state index contributed by atoms with van der Waals surface area (Å²) in [7, 11) is 0. The van der Waals surface area contributed by atoms with Gasteiger partial charge in [-0.2, -0.15) is 13.2 Å². The van der Waals surface area contributed by atoms with Gasteiger partial charge in [0.15, 0.2) is 0 Å². The van der Waals surface area contributed by atoms with Crippen LogP contribution in [0.2, 0.25) is 0 Å². The number of aliphatic hydroxyl groups is 1. The molecule has 1 atom stereocenters. The van der Waals surface area contributed by atoms with Gasteiger partial charge in [-0.1, -0.05) is 12.1 Å². The van der Waals surface area contributed by atoms with Crippen LogP contribution in [0.5, 0.6) is 0 Å². The lowest BCUT2D eigenvalue weighted by Gasteiger charge is -2.37. The molecule has 8 heteroatoms. The van der Waals surface area contributed by atoms with E-state index in [1.807, 2.05) is 0 Å². The highest BCUT2D eigenvalue weighted by Crippen LogP contribution is 2.32. The maximum atomic E-state index is 12.8. The lowest BCUT2D eigenvalue weighted by Crippen LogP contribution is -2.49. The van der Waals surface area contributed by atoms with Crippen molar-refractivity contribution in [3.05, 3.63) is 35.4 Å². The molecule has 1 fully saturated rings. The van der Waals surface area contributed by atoms with Gasteiger partial charge in [-0.05, 0) is 17.7 Å². The molecule has 1 amide bonds. The van der Waals surface area contributed by atoms with E-state index in [1.165, 1.54) is 11.0 Å². The molecule has 1 aromatic rings. The number of rotatable bonds is 3. The van der Waals surface area contributed by atoms with Crippen LogP contribution in [0.25, 0.3) is 0 Å². The Morgan fingerprint density at radius 1 is 1.23 bits per heavy atom. The van der Waals surface area contributed by atoms with Crippen LogP contribution >= 0.6 is 0 Å². The van der Waals surface area contributed by atoms with Crippen LogP contribution in [0.3, 0.4) is 0 Å². The zero-order chi connectivity index (χ0) is 16.3. The van der Waals surface area contributed by atoms with Crippen molar-refractivity contribution in [1.29, 1.82) is 0 Å². The summed E-state index contributed by atoms with van der Waals surface area (Å²) in [5, 5.41) is 18.4. The zero-order valence-electron chi connectivity index (χ0n) is 11.8. The highest BCUT2D eigenvalue weighted by atomic mass is 19.4. The van der Waals surface area contributed by atoms with E-state index < -0.39 is 23.9 Å². The number of amides is 1. The van der Waals surface area contributed by atoms with Crippen molar-refractivity contribution < 1.29 is 28.2 Å². The van der Waals surface area contributed by atoms with E-state index in [4.69, 9.17) is 5.11 Å². The molecule has 0 bridgehead atoms. The molecule has 2 rings (SSSR count). The summed E-state index contributed by atoms with van der Waals surface area (Å²) in [6.07, 6.45) is -5.45. The quantitative estimate of drug-likeness (QED) is 0.895. The number of aliphatic hydroxyl groups excluding tert-OH is 1. The molecule has 0 aromatic heterocycles. The van der Waals surface area contributed by atoms with E-state index in [1.54, 1.807) is 11.0 Å². The van der Waals surface area contributed by atoms with E-state index in [-0.39, 0.29) is 19.7 Å². The maximum absolute atomic E-state index is 12.8. The van der Waals surface area contributed by atoms with Crippen molar-refractivity contribution in [2.75, 3.05) is 32.8 Å². The molecule has 0 aliphatic carbocycles. The Labute approximate surface area is 125 Å². The van der Waals surface area contributed by atoms with Crippen LogP contribution in [-0.2, 0) is 6.18 Å². The minimum Gasteiger partial charge on any atom is -0.465 e. The molecule has 0 saturated carbocycles. The average Bonchev–Trinajstić information content (AvgIpc) is 2.48. The third-order valence-electron chi connectivity index (χ3n) is 3.80. The minimum absolute atomic E-state index is 0.269. The Kier molecular flexibility index (Phi) is 4.92. The summed E-state index contributed by atoms with van der Waals surface area (Å²) < 4.78 is 38.3. The fourth-order valence-corrected chi connectivity index (χ4v) is 2.58. The predicted octanol–water partition coefficient (Wildman–Crippen LogP) is 2.03. The number of benzene rings is 1. The number of hydrogen-bond acceptors (Lipinski definition) is 3. The Morgan fingerprint density at radius 2 is 1.86 bits per heavy atom. The van der Waals surface area contributed by atoms with E-state index in [0.29, 0.717) is 18.7 Å². The van der Waals surface area contributed by atoms with Gasteiger partial charge in [0, 0.05) is 26.2 Å². The second-order valence-corrected chi connectivity index (χ2v) is 5.13. The second-order valence-electron chi connectivity index (χ2n) is 5.13. The minimum atomic E-state index is -4.43. The second kappa shape index (κ2) is 6.53. The predicted molar refractivity (Wildman–Crippen MR) is 72.4 cm³/mol. The highest BCUT2D eigenvalue weighted by molar-refractivity contribution is 5.65. The molecule has 1 aromatic carbocycles. The number of halogens is 3. The lowest BCUT2D eigenvalue weighted by molar-refractivity contribution is -0.137. The molecule has 5 nitrogen and oxygen atoms in total. The summed E-state index contributed by atoms with van der Waals surface area (Å²) in [4.78, 5) is 13.9. The number of hydrogen-bond donors (Lipinski definition) is 2. The zero-order valence-corrected chi connectivity index (χ0v) is 11.8. The molecule has 1 saturated heterocycles. The van der Waals surface area contributed by atoms with Gasteiger partial charge in [0.2, 0.25) is 0 Å². The van der Waals surface area contributed by atoms with Gasteiger partial charge in [-0.15, -0.1) is 0 Å². The standard InChI is InChI=1S/C14H17F3N2O3/c15-14(16,17)11-3-1-2-10(8-11)12(9-20)18-4-6-19(7-5-18)13(21)22/h1-3,8,12,20H,4-7,9H2,(H,21,22). The molecule has 2 N–H and O–H groups in total. The highest BCUT2D eigenvalue weighted by Gasteiger charge is 2.32. The molecule has 0 spiro atoms. The average molecular weight is 318 g/mol. The molecule has 1 aliphatic rings. The Morgan fingerprint density at radius 3 is 2.36 bits per heavy atom. The number of piperazine rings is 1. The van der Waals surface area contributed by atoms with Crippen LogP contribution < -0.4 is 0 Å². The molecule has 1 aliphatic heterocycles. The van der Waals surface area contributed by atoms with Crippen molar-refractivity contribution in [3.8, 4) is 0 Å². The molecule has 1 unspecified atom stereocenters. The Hall–Kier alpha value is -1.80. The Bertz CT molecular complexity index is 528. The van der Waals surface area contributed by atoms with Gasteiger partial charge in [0.25, 0.3) is 0 Å². The van der Waals surface area contributed by atoms with Gasteiger partial charge in [0.05, 0.1) is 18.2 Å². The van der Waals surface area contributed by atoms with E-state index in [0.717, 1.165) is 12.1 Å². The molecule has 122 valence electrons. The largest absolute Gasteiger partial charge is 0.465 e. The number of carbonyl (C=O) groups is 1. The van der Waals surface area contributed by atoms with E-state index >= 15 is 0 Å². The SMILES string of the molecule is O=C(O)N1CCN(C(CO)c2cccc(C(F)(F)F)c2)CC1. The summed E-state index contributed by atoms with van der Waals surface area (Å²) in [5.74, 6) is 0. The van der Waals surface area contributed by atoms with Gasteiger partial charge < -0.3 is 15.1 Å². The fraction of sp³-hybridized carbons (Fsp3) is 0.500. The van der Waals surface area contributed by atoms with E-state index in [9.17, 15) is 23.1 Å². The molecule has 22 heavy (non-hydrogen) atoms. The van der Waals surface area contributed by atoms with Gasteiger partial charge in [-0.25, -0.2) is 4.79 Å². The third kappa shape index (κ3) is 3.69. The molecular weight excluding hydrogens is 301 g/mol. The van der Waals surface area contributed by atoms with E-state index in [2.05, 4.69) is 0 Å². The van der Waals surface area contributed by atoms with Crippen molar-refractivity contribution in [3.63, 3.8) is 0 Å². The lowest BCUT2D eigenvalue weighted by atomic mass is 10.0. The summed E-state index contributed by atoms with van der Waals surface area (Å²) >= 11 is 0. The van der Waals surface area contributed by atoms with Crippen molar-refractivity contribution in [2.45, 2.75) is 12.2 Å². The normalized spacial score (nSPS) is 18.3. The van der Waals surface area contributed by atoms with Gasteiger partial charge >= 0.3 is 12.3 Å². The number of carboxylic acid groups (broad SMARTS) is 1. The first-order valence-corrected chi connectivity index (χ1v) is 6.83. The third-order valence-corrected chi connectivity index (χ3v) is 3.80. The van der Waals surface area contributed by atoms with Crippen molar-refractivity contribution >= 4 is 6.09 Å². The van der Waals surface area contributed by atoms with Crippen LogP contribution in [0.1, 0.15) is 17.2 Å². The first-order chi connectivity index (χ1) is 10.3. The van der Waals surface area contributed by atoms with Crippen LogP contribution in [0, 0.1) is 0 Å². The number of alkyl halides is 3. The van der Waals surface area contributed by atoms with Gasteiger partial charge in [-0.3, -0.25) is 4.90 Å². The first-order valence-electron chi connectivity index (χ1n) is 6.83. The summed E-state index contributed by atoms with van der Waals surface area (Å²) in [5.41, 5.74) is -0.381. The number of nitrogens with zero attached hydrogens (tertiary/aromatic N) is 2. The molecular formula is C14H17F3N2O3. The summed E-state index contributed by atoms with van der Waals surface area (Å²) in [6.45, 7) is 0.950. The summed E-state index contributed by atoms with van der Waals surface area (Å²) in [6, 6.07) is 4.30. The topological polar surface area (TPSA) is 64.0 Å².